The molecule has 3 heteroatoms. The summed E-state index contributed by atoms with van der Waals surface area (Å²) in [7, 11) is 0. The molecule has 0 aliphatic rings. The van der Waals surface area contributed by atoms with Crippen LogP contribution in [0, 0.1) is 0 Å². The van der Waals surface area contributed by atoms with Crippen molar-refractivity contribution in [2.45, 2.75) is 6.42 Å². The van der Waals surface area contributed by atoms with E-state index in [1.54, 1.807) is 12.4 Å². The number of carbonyl (C=O) groups excluding carboxylic acids is 1. The minimum Gasteiger partial charge on any atom is -0.290 e. The van der Waals surface area contributed by atoms with Crippen molar-refractivity contribution in [2.75, 3.05) is 0 Å². The molecular weight excluding hydrogens is 156 g/mol. The van der Waals surface area contributed by atoms with Gasteiger partial charge in [-0.15, -0.1) is 11.3 Å². The number of rotatable bonds is 2. The molecule has 1 heterocycles. The first-order valence-electron chi connectivity index (χ1n) is 2.42. The van der Waals surface area contributed by atoms with Crippen molar-refractivity contribution in [1.82, 2.24) is 0 Å². The zero-order valence-electron chi connectivity index (χ0n) is 4.56. The van der Waals surface area contributed by atoms with Gasteiger partial charge in [-0.25, -0.2) is 0 Å². The van der Waals surface area contributed by atoms with Gasteiger partial charge in [0.15, 0.2) is 0 Å². The van der Waals surface area contributed by atoms with E-state index in [1.807, 2.05) is 6.07 Å². The Morgan fingerprint density at radius 3 is 2.89 bits per heavy atom. The average Bonchev–Trinajstić information content (AvgIpc) is 2.17. The lowest BCUT2D eigenvalue weighted by Crippen LogP contribution is -1.75. The Bertz CT molecular complexity index is 207. The minimum absolute atomic E-state index is 0.359. The van der Waals surface area contributed by atoms with Gasteiger partial charge in [-0.3, -0.25) is 4.79 Å². The van der Waals surface area contributed by atoms with E-state index in [9.17, 15) is 4.79 Å². The van der Waals surface area contributed by atoms with Crippen molar-refractivity contribution in [3.63, 3.8) is 0 Å². The van der Waals surface area contributed by atoms with Crippen LogP contribution in [-0.2, 0) is 11.2 Å². The summed E-state index contributed by atoms with van der Waals surface area (Å²) in [6, 6.07) is 3.61. The molecule has 0 aromatic carbocycles. The second-order valence-electron chi connectivity index (χ2n) is 1.53. The number of halogens is 1. The number of thiophene rings is 1. The lowest BCUT2D eigenvalue weighted by atomic mass is 10.4. The van der Waals surface area contributed by atoms with Crippen molar-refractivity contribution >= 4 is 29.2 Å². The lowest BCUT2D eigenvalue weighted by molar-refractivity contribution is 0.555. The fourth-order valence-corrected chi connectivity index (χ4v) is 1.53. The van der Waals surface area contributed by atoms with Crippen molar-refractivity contribution in [1.29, 1.82) is 0 Å². The van der Waals surface area contributed by atoms with E-state index in [-0.39, 0.29) is 0 Å². The number of hydrogen-bond acceptors (Lipinski definition) is 2. The molecule has 0 unspecified atom stereocenters. The van der Waals surface area contributed by atoms with E-state index >= 15 is 0 Å². The topological polar surface area (TPSA) is 17.1 Å². The summed E-state index contributed by atoms with van der Waals surface area (Å²) in [5.41, 5.74) is 0. The molecule has 9 heavy (non-hydrogen) atoms. The molecule has 1 aromatic rings. The van der Waals surface area contributed by atoms with Crippen LogP contribution >= 0.6 is 22.9 Å². The molecule has 0 spiro atoms. The van der Waals surface area contributed by atoms with Gasteiger partial charge in [0.1, 0.15) is 0 Å². The fourth-order valence-electron chi connectivity index (χ4n) is 0.518. The average molecular weight is 160 g/mol. The van der Waals surface area contributed by atoms with Crippen LogP contribution in [0.15, 0.2) is 12.1 Å². The summed E-state index contributed by atoms with van der Waals surface area (Å²) in [6.07, 6.45) is 2.16. The molecule has 1 rings (SSSR count). The standard InChI is InChI=1S/C6H4ClOS/c7-6-2-1-5(9-6)3-4-8/h1-2H,3H2. The highest BCUT2D eigenvalue weighted by molar-refractivity contribution is 7.16. The summed E-state index contributed by atoms with van der Waals surface area (Å²) in [5.74, 6) is 0. The van der Waals surface area contributed by atoms with Crippen LogP contribution in [0.5, 0.6) is 0 Å². The summed E-state index contributed by atoms with van der Waals surface area (Å²) in [5, 5.41) is 0. The largest absolute Gasteiger partial charge is 0.290 e. The Hall–Kier alpha value is -0.340. The fraction of sp³-hybridized carbons (Fsp3) is 0.167. The predicted molar refractivity (Wildman–Crippen MR) is 38.7 cm³/mol. The first-order valence-corrected chi connectivity index (χ1v) is 3.61. The van der Waals surface area contributed by atoms with E-state index in [1.165, 1.54) is 11.3 Å². The molecule has 1 nitrogen and oxygen atoms in total. The SMILES string of the molecule is O=[C]Cc1ccc(Cl)s1. The van der Waals surface area contributed by atoms with Crippen LogP contribution in [0.4, 0.5) is 0 Å². The van der Waals surface area contributed by atoms with Gasteiger partial charge in [0, 0.05) is 11.3 Å². The maximum atomic E-state index is 9.82. The van der Waals surface area contributed by atoms with E-state index < -0.39 is 0 Å². The monoisotopic (exact) mass is 159 g/mol. The molecular formula is C6H4ClOS. The lowest BCUT2D eigenvalue weighted by Gasteiger charge is -1.78. The molecule has 0 saturated heterocycles. The van der Waals surface area contributed by atoms with Crippen molar-refractivity contribution in [3.8, 4) is 0 Å². The molecule has 0 saturated carbocycles. The summed E-state index contributed by atoms with van der Waals surface area (Å²) < 4.78 is 0.722. The molecule has 1 aromatic heterocycles. The van der Waals surface area contributed by atoms with Gasteiger partial charge in [-0.2, -0.15) is 0 Å². The number of hydrogen-bond donors (Lipinski definition) is 0. The highest BCUT2D eigenvalue weighted by Crippen LogP contribution is 2.20. The van der Waals surface area contributed by atoms with Gasteiger partial charge in [-0.05, 0) is 12.1 Å². The van der Waals surface area contributed by atoms with E-state index in [0.717, 1.165) is 9.21 Å². The molecule has 0 fully saturated rings. The molecule has 0 N–H and O–H groups in total. The quantitative estimate of drug-likeness (QED) is 0.646. The van der Waals surface area contributed by atoms with Crippen molar-refractivity contribution in [2.24, 2.45) is 0 Å². The molecule has 0 amide bonds. The smallest absolute Gasteiger partial charge is 0.203 e. The summed E-state index contributed by atoms with van der Waals surface area (Å²) >= 11 is 7.00. The zero-order chi connectivity index (χ0) is 6.69. The summed E-state index contributed by atoms with van der Waals surface area (Å²) in [6.45, 7) is 0. The Kier molecular flexibility index (Phi) is 2.25. The second kappa shape index (κ2) is 2.99. The third-order valence-electron chi connectivity index (χ3n) is 0.875. The van der Waals surface area contributed by atoms with Crippen LogP contribution in [0.3, 0.4) is 0 Å². The Morgan fingerprint density at radius 1 is 1.67 bits per heavy atom. The van der Waals surface area contributed by atoms with Crippen molar-refractivity contribution in [3.05, 3.63) is 21.3 Å². The predicted octanol–water partition coefficient (Wildman–Crippen LogP) is 2.05. The molecule has 0 aliphatic carbocycles. The van der Waals surface area contributed by atoms with Crippen LogP contribution in [0.1, 0.15) is 4.88 Å². The summed E-state index contributed by atoms with van der Waals surface area (Å²) in [4.78, 5) is 10.8. The molecule has 0 aliphatic heterocycles. The van der Waals surface area contributed by atoms with Crippen LogP contribution < -0.4 is 0 Å². The van der Waals surface area contributed by atoms with Gasteiger partial charge in [0.05, 0.1) is 4.34 Å². The van der Waals surface area contributed by atoms with Gasteiger partial charge >= 0.3 is 0 Å². The van der Waals surface area contributed by atoms with Crippen LogP contribution in [0.2, 0.25) is 4.34 Å². The van der Waals surface area contributed by atoms with E-state index in [0.29, 0.717) is 6.42 Å². The highest BCUT2D eigenvalue weighted by atomic mass is 35.5. The maximum absolute atomic E-state index is 9.82. The van der Waals surface area contributed by atoms with Gasteiger partial charge in [0.25, 0.3) is 0 Å². The van der Waals surface area contributed by atoms with Gasteiger partial charge in [0.2, 0.25) is 6.29 Å². The van der Waals surface area contributed by atoms with Crippen LogP contribution in [0.25, 0.3) is 0 Å². The molecule has 0 atom stereocenters. The van der Waals surface area contributed by atoms with E-state index in [2.05, 4.69) is 0 Å². The Labute approximate surface area is 62.3 Å². The first kappa shape index (κ1) is 6.78. The second-order valence-corrected chi connectivity index (χ2v) is 3.33. The van der Waals surface area contributed by atoms with Crippen LogP contribution in [-0.4, -0.2) is 6.29 Å². The highest BCUT2D eigenvalue weighted by Gasteiger charge is 1.94. The van der Waals surface area contributed by atoms with Gasteiger partial charge in [-0.1, -0.05) is 11.6 Å². The Balaban J connectivity index is 2.72. The first-order chi connectivity index (χ1) is 4.33. The third kappa shape index (κ3) is 1.80. The molecule has 1 radical (unpaired) electrons. The molecule has 47 valence electrons. The molecule has 0 bridgehead atoms. The van der Waals surface area contributed by atoms with Crippen molar-refractivity contribution < 1.29 is 4.79 Å². The van der Waals surface area contributed by atoms with E-state index in [4.69, 9.17) is 11.6 Å². The minimum atomic E-state index is 0.359. The third-order valence-corrected chi connectivity index (χ3v) is 2.11. The van der Waals surface area contributed by atoms with Gasteiger partial charge < -0.3 is 0 Å². The Morgan fingerprint density at radius 2 is 2.44 bits per heavy atom. The maximum Gasteiger partial charge on any atom is 0.203 e. The normalized spacial score (nSPS) is 9.44. The zero-order valence-corrected chi connectivity index (χ0v) is 6.13.